The van der Waals surface area contributed by atoms with Crippen molar-refractivity contribution < 1.29 is 4.74 Å². The fraction of sp³-hybridized carbons (Fsp3) is 0.111. The number of rotatable bonds is 3. The maximum absolute atomic E-state index is 5.89. The van der Waals surface area contributed by atoms with E-state index in [2.05, 4.69) is 45.1 Å². The van der Waals surface area contributed by atoms with E-state index >= 15 is 0 Å². The van der Waals surface area contributed by atoms with Gasteiger partial charge in [-0.3, -0.25) is 0 Å². The molecule has 0 unspecified atom stereocenters. The Labute approximate surface area is 104 Å². The first kappa shape index (κ1) is 11.3. The smallest absolute Gasteiger partial charge is 0.134 e. The van der Waals surface area contributed by atoms with Crippen molar-refractivity contribution in [2.45, 2.75) is 0 Å². The molecule has 0 aliphatic carbocycles. The molecule has 0 aromatic heterocycles. The minimum Gasteiger partial charge on any atom is -0.488 e. The minimum atomic E-state index is 0.504. The Kier molecular flexibility index (Phi) is 4.55. The van der Waals surface area contributed by atoms with Gasteiger partial charge in [0.1, 0.15) is 12.4 Å². The van der Waals surface area contributed by atoms with Gasteiger partial charge in [0.05, 0.1) is 8.59 Å². The summed E-state index contributed by atoms with van der Waals surface area (Å²) < 4.78 is 7.24. The largest absolute Gasteiger partial charge is 0.488 e. The van der Waals surface area contributed by atoms with E-state index in [1.54, 1.807) is 6.08 Å². The van der Waals surface area contributed by atoms with Gasteiger partial charge in [-0.15, -0.1) is 0 Å². The number of ether oxygens (including phenoxy) is 1. The highest BCUT2D eigenvalue weighted by molar-refractivity contribution is 14.1. The maximum Gasteiger partial charge on any atom is 0.134 e. The van der Waals surface area contributed by atoms with Crippen molar-refractivity contribution in [2.75, 3.05) is 6.61 Å². The lowest BCUT2D eigenvalue weighted by molar-refractivity contribution is 0.360. The van der Waals surface area contributed by atoms with Gasteiger partial charge in [-0.05, 0) is 50.7 Å². The van der Waals surface area contributed by atoms with Crippen molar-refractivity contribution in [3.8, 4) is 5.75 Å². The normalized spacial score (nSPS) is 9.77. The molecule has 1 aromatic carbocycles. The Balaban J connectivity index is 2.94. The number of hydrogen-bond acceptors (Lipinski definition) is 1. The van der Waals surface area contributed by atoms with Crippen LogP contribution in [0.15, 0.2) is 29.3 Å². The Hall–Kier alpha value is 0.260. The second kappa shape index (κ2) is 5.22. The second-order valence-electron chi connectivity index (χ2n) is 2.30. The molecule has 0 saturated heterocycles. The summed E-state index contributed by atoms with van der Waals surface area (Å²) in [5.41, 5.74) is 0. The van der Waals surface area contributed by atoms with Gasteiger partial charge < -0.3 is 4.74 Å². The standard InChI is InChI=1S/C9H7BrClIO/c1-2-3-13-9-4-6(10)7(11)5-8(9)12/h2,4-5H,1,3H2. The van der Waals surface area contributed by atoms with E-state index in [0.717, 1.165) is 13.8 Å². The zero-order chi connectivity index (χ0) is 9.84. The Morgan fingerprint density at radius 3 is 2.92 bits per heavy atom. The van der Waals surface area contributed by atoms with Gasteiger partial charge in [-0.1, -0.05) is 24.3 Å². The van der Waals surface area contributed by atoms with Crippen molar-refractivity contribution in [1.82, 2.24) is 0 Å². The SMILES string of the molecule is C=CCOc1cc(Br)c(Cl)cc1I. The molecule has 0 saturated carbocycles. The van der Waals surface area contributed by atoms with Crippen LogP contribution in [0.4, 0.5) is 0 Å². The molecule has 70 valence electrons. The summed E-state index contributed by atoms with van der Waals surface area (Å²) in [6, 6.07) is 3.71. The van der Waals surface area contributed by atoms with Gasteiger partial charge in [0.25, 0.3) is 0 Å². The first-order chi connectivity index (χ1) is 6.15. The number of halogens is 3. The molecule has 0 radical (unpaired) electrons. The predicted molar refractivity (Wildman–Crippen MR) is 67.6 cm³/mol. The maximum atomic E-state index is 5.89. The summed E-state index contributed by atoms with van der Waals surface area (Å²) >= 11 is 11.4. The van der Waals surface area contributed by atoms with Crippen molar-refractivity contribution in [1.29, 1.82) is 0 Å². The van der Waals surface area contributed by atoms with Crippen molar-refractivity contribution >= 4 is 50.1 Å². The molecule has 13 heavy (non-hydrogen) atoms. The van der Waals surface area contributed by atoms with Crippen molar-refractivity contribution in [2.24, 2.45) is 0 Å². The molecule has 0 spiro atoms. The van der Waals surface area contributed by atoms with Crippen LogP contribution in [0, 0.1) is 3.57 Å². The van der Waals surface area contributed by atoms with Crippen molar-refractivity contribution in [3.05, 3.63) is 37.9 Å². The second-order valence-corrected chi connectivity index (χ2v) is 4.72. The molecule has 0 N–H and O–H groups in total. The molecule has 0 aliphatic rings. The summed E-state index contributed by atoms with van der Waals surface area (Å²) in [6.07, 6.45) is 1.71. The quantitative estimate of drug-likeness (QED) is 0.437. The van der Waals surface area contributed by atoms with Crippen LogP contribution in [0.3, 0.4) is 0 Å². The van der Waals surface area contributed by atoms with Crippen LogP contribution in [-0.4, -0.2) is 6.61 Å². The minimum absolute atomic E-state index is 0.504. The Morgan fingerprint density at radius 2 is 2.31 bits per heavy atom. The average Bonchev–Trinajstić information content (AvgIpc) is 2.09. The summed E-state index contributed by atoms with van der Waals surface area (Å²) in [5, 5.41) is 0.690. The third kappa shape index (κ3) is 3.14. The molecule has 0 atom stereocenters. The van der Waals surface area contributed by atoms with E-state index in [4.69, 9.17) is 16.3 Å². The highest BCUT2D eigenvalue weighted by Crippen LogP contribution is 2.31. The van der Waals surface area contributed by atoms with Crippen LogP contribution >= 0.6 is 50.1 Å². The average molecular weight is 373 g/mol. The van der Waals surface area contributed by atoms with Gasteiger partial charge in [0, 0.05) is 4.47 Å². The molecule has 0 heterocycles. The lowest BCUT2D eigenvalue weighted by Gasteiger charge is -2.07. The molecule has 1 aromatic rings. The molecule has 0 aliphatic heterocycles. The van der Waals surface area contributed by atoms with Gasteiger partial charge in [0.2, 0.25) is 0 Å². The zero-order valence-electron chi connectivity index (χ0n) is 6.69. The first-order valence-electron chi connectivity index (χ1n) is 3.53. The summed E-state index contributed by atoms with van der Waals surface area (Å²) in [6.45, 7) is 4.08. The van der Waals surface area contributed by atoms with Crippen LogP contribution in [0.2, 0.25) is 5.02 Å². The molecular weight excluding hydrogens is 366 g/mol. The van der Waals surface area contributed by atoms with Crippen LogP contribution in [0.5, 0.6) is 5.75 Å². The van der Waals surface area contributed by atoms with E-state index in [-0.39, 0.29) is 0 Å². The molecule has 1 nitrogen and oxygen atoms in total. The topological polar surface area (TPSA) is 9.23 Å². The van der Waals surface area contributed by atoms with Crippen LogP contribution < -0.4 is 4.74 Å². The van der Waals surface area contributed by atoms with Gasteiger partial charge in [-0.25, -0.2) is 0 Å². The van der Waals surface area contributed by atoms with Gasteiger partial charge >= 0.3 is 0 Å². The van der Waals surface area contributed by atoms with Crippen LogP contribution in [0.25, 0.3) is 0 Å². The third-order valence-corrected chi connectivity index (χ3v) is 3.37. The van der Waals surface area contributed by atoms with E-state index < -0.39 is 0 Å². The van der Waals surface area contributed by atoms with E-state index in [1.807, 2.05) is 12.1 Å². The van der Waals surface area contributed by atoms with E-state index in [0.29, 0.717) is 11.6 Å². The van der Waals surface area contributed by atoms with E-state index in [1.165, 1.54) is 0 Å². The fourth-order valence-corrected chi connectivity index (χ4v) is 2.06. The monoisotopic (exact) mass is 372 g/mol. The molecule has 0 bridgehead atoms. The first-order valence-corrected chi connectivity index (χ1v) is 5.78. The fourth-order valence-electron chi connectivity index (χ4n) is 0.764. The zero-order valence-corrected chi connectivity index (χ0v) is 11.2. The van der Waals surface area contributed by atoms with E-state index in [9.17, 15) is 0 Å². The Bertz CT molecular complexity index is 328. The predicted octanol–water partition coefficient (Wildman–Crippen LogP) is 4.27. The molecule has 4 heteroatoms. The van der Waals surface area contributed by atoms with Crippen LogP contribution in [0.1, 0.15) is 0 Å². The highest BCUT2D eigenvalue weighted by atomic mass is 127. The number of benzene rings is 1. The molecule has 0 fully saturated rings. The van der Waals surface area contributed by atoms with Gasteiger partial charge in [-0.2, -0.15) is 0 Å². The molecule has 1 rings (SSSR count). The Morgan fingerprint density at radius 1 is 1.62 bits per heavy atom. The highest BCUT2D eigenvalue weighted by Gasteiger charge is 2.05. The summed E-state index contributed by atoms with van der Waals surface area (Å²) in [4.78, 5) is 0. The lowest BCUT2D eigenvalue weighted by Crippen LogP contribution is -1.95. The van der Waals surface area contributed by atoms with Crippen LogP contribution in [-0.2, 0) is 0 Å². The lowest BCUT2D eigenvalue weighted by atomic mass is 10.3. The number of hydrogen-bond donors (Lipinski definition) is 0. The van der Waals surface area contributed by atoms with Crippen molar-refractivity contribution in [3.63, 3.8) is 0 Å². The summed E-state index contributed by atoms with van der Waals surface area (Å²) in [7, 11) is 0. The van der Waals surface area contributed by atoms with Gasteiger partial charge in [0.15, 0.2) is 0 Å². The third-order valence-electron chi connectivity index (χ3n) is 1.33. The molecule has 0 amide bonds. The summed E-state index contributed by atoms with van der Waals surface area (Å²) in [5.74, 6) is 0.816. The molecular formula is C9H7BrClIO.